The average molecular weight is 354 g/mol. The molecule has 2 N–H and O–H groups in total. The van der Waals surface area contributed by atoms with Crippen molar-refractivity contribution in [3.05, 3.63) is 60.7 Å². The Bertz CT molecular complexity index is 606. The average Bonchev–Trinajstić information content (AvgIpc) is 2.69. The molecule has 134 valence electrons. The number of hydrogen-bond acceptors (Lipinski definition) is 2. The smallest absolute Gasteiger partial charge is 0.117 e. The summed E-state index contributed by atoms with van der Waals surface area (Å²) in [6.07, 6.45) is 4.61. The van der Waals surface area contributed by atoms with E-state index in [1.807, 2.05) is 7.05 Å². The van der Waals surface area contributed by atoms with Crippen LogP contribution < -0.4 is 15.7 Å². The Morgan fingerprint density at radius 3 is 2.00 bits per heavy atom. The normalized spacial score (nSPS) is 22.5. The highest BCUT2D eigenvalue weighted by atomic mass is 28.3. The van der Waals surface area contributed by atoms with E-state index in [2.05, 4.69) is 72.5 Å². The van der Waals surface area contributed by atoms with Crippen molar-refractivity contribution in [2.24, 2.45) is 5.92 Å². The summed E-state index contributed by atoms with van der Waals surface area (Å²) >= 11 is 0. The van der Waals surface area contributed by atoms with Gasteiger partial charge in [-0.3, -0.25) is 0 Å². The topological polar surface area (TPSA) is 32.3 Å². The Labute approximate surface area is 153 Å². The molecule has 0 bridgehead atoms. The van der Waals surface area contributed by atoms with Gasteiger partial charge in [0, 0.05) is 6.04 Å². The maximum Gasteiger partial charge on any atom is 0.117 e. The Morgan fingerprint density at radius 1 is 0.960 bits per heavy atom. The lowest BCUT2D eigenvalue weighted by molar-refractivity contribution is 0.0782. The molecule has 0 unspecified atom stereocenters. The summed E-state index contributed by atoms with van der Waals surface area (Å²) in [7, 11) is 0.0736. The summed E-state index contributed by atoms with van der Waals surface area (Å²) in [5, 5.41) is 17.5. The van der Waals surface area contributed by atoms with E-state index in [4.69, 9.17) is 0 Å². The van der Waals surface area contributed by atoms with Crippen LogP contribution in [-0.2, 0) is 0 Å². The van der Waals surface area contributed by atoms with Gasteiger partial charge in [-0.25, -0.2) is 0 Å². The molecule has 1 fully saturated rings. The minimum absolute atomic E-state index is 0.241. The molecule has 0 amide bonds. The summed E-state index contributed by atoms with van der Waals surface area (Å²) in [4.78, 5) is 0. The standard InChI is InChI=1S/C22H31NOSi/c1-23-21-16-10-9-15-20(21)22(24)17-25(2,18-11-5-3-6-12-18)19-13-7-4-8-14-19/h3-8,11-14,20-24H,9-10,15-17H2,1-2H3/t20-,21+,22-/m1/s1. The van der Waals surface area contributed by atoms with Crippen molar-refractivity contribution >= 4 is 18.4 Å². The first-order valence-electron chi connectivity index (χ1n) is 9.61. The second-order valence-corrected chi connectivity index (χ2v) is 11.9. The van der Waals surface area contributed by atoms with Crippen LogP contribution in [0.5, 0.6) is 0 Å². The van der Waals surface area contributed by atoms with Crippen LogP contribution in [0.3, 0.4) is 0 Å². The molecule has 1 saturated carbocycles. The zero-order chi connectivity index (χ0) is 17.7. The number of hydrogen-bond donors (Lipinski definition) is 2. The molecule has 2 aromatic carbocycles. The fraction of sp³-hybridized carbons (Fsp3) is 0.455. The molecule has 2 nitrogen and oxygen atoms in total. The van der Waals surface area contributed by atoms with Crippen molar-refractivity contribution < 1.29 is 5.11 Å². The lowest BCUT2D eigenvalue weighted by atomic mass is 9.81. The van der Waals surface area contributed by atoms with Gasteiger partial charge in [-0.15, -0.1) is 0 Å². The maximum absolute atomic E-state index is 11.2. The highest BCUT2D eigenvalue weighted by Crippen LogP contribution is 2.30. The van der Waals surface area contributed by atoms with E-state index in [0.29, 0.717) is 12.0 Å². The van der Waals surface area contributed by atoms with Crippen LogP contribution >= 0.6 is 0 Å². The molecular weight excluding hydrogens is 322 g/mol. The second-order valence-electron chi connectivity index (χ2n) is 7.68. The van der Waals surface area contributed by atoms with Gasteiger partial charge in [0.2, 0.25) is 0 Å². The van der Waals surface area contributed by atoms with Gasteiger partial charge in [0.25, 0.3) is 0 Å². The van der Waals surface area contributed by atoms with Crippen LogP contribution in [0, 0.1) is 5.92 Å². The molecule has 1 aliphatic rings. The minimum Gasteiger partial charge on any atom is -0.393 e. The first-order chi connectivity index (χ1) is 12.1. The second kappa shape index (κ2) is 8.30. The van der Waals surface area contributed by atoms with Crippen LogP contribution in [0.25, 0.3) is 0 Å². The number of aliphatic hydroxyl groups excluding tert-OH is 1. The van der Waals surface area contributed by atoms with Gasteiger partial charge in [-0.05, 0) is 31.9 Å². The lowest BCUT2D eigenvalue weighted by Gasteiger charge is -2.39. The first-order valence-corrected chi connectivity index (χ1v) is 12.3. The molecule has 2 aromatic rings. The van der Waals surface area contributed by atoms with E-state index in [-0.39, 0.29) is 6.10 Å². The Balaban J connectivity index is 1.90. The zero-order valence-corrected chi connectivity index (χ0v) is 16.5. The highest BCUT2D eigenvalue weighted by molar-refractivity contribution is 7.01. The van der Waals surface area contributed by atoms with Crippen molar-refractivity contribution in [3.63, 3.8) is 0 Å². The molecule has 3 heteroatoms. The fourth-order valence-electron chi connectivity index (χ4n) is 4.56. The summed E-state index contributed by atoms with van der Waals surface area (Å²) in [5.41, 5.74) is 0. The third-order valence-corrected chi connectivity index (χ3v) is 10.6. The van der Waals surface area contributed by atoms with Crippen molar-refractivity contribution in [1.29, 1.82) is 0 Å². The van der Waals surface area contributed by atoms with Gasteiger partial charge >= 0.3 is 0 Å². The Kier molecular flexibility index (Phi) is 6.10. The van der Waals surface area contributed by atoms with Crippen molar-refractivity contribution in [2.75, 3.05) is 7.05 Å². The van der Waals surface area contributed by atoms with E-state index in [1.165, 1.54) is 29.6 Å². The quantitative estimate of drug-likeness (QED) is 0.783. The van der Waals surface area contributed by atoms with Crippen LogP contribution in [0.1, 0.15) is 25.7 Å². The van der Waals surface area contributed by atoms with E-state index < -0.39 is 8.07 Å². The largest absolute Gasteiger partial charge is 0.393 e. The number of rotatable bonds is 6. The summed E-state index contributed by atoms with van der Waals surface area (Å²) in [6.45, 7) is 2.41. The molecule has 3 rings (SSSR count). The number of aliphatic hydroxyl groups is 1. The van der Waals surface area contributed by atoms with E-state index in [0.717, 1.165) is 12.5 Å². The zero-order valence-electron chi connectivity index (χ0n) is 15.5. The number of benzene rings is 2. The molecule has 0 aromatic heterocycles. The molecular formula is C22H31NOSi. The fourth-order valence-corrected chi connectivity index (χ4v) is 8.36. The molecule has 3 atom stereocenters. The van der Waals surface area contributed by atoms with Gasteiger partial charge in [-0.2, -0.15) is 0 Å². The van der Waals surface area contributed by atoms with Gasteiger partial charge in [0.15, 0.2) is 0 Å². The Hall–Kier alpha value is -1.42. The highest BCUT2D eigenvalue weighted by Gasteiger charge is 2.38. The van der Waals surface area contributed by atoms with Gasteiger partial charge in [0.05, 0.1) is 6.10 Å². The molecule has 0 radical (unpaired) electrons. The van der Waals surface area contributed by atoms with Gasteiger partial charge < -0.3 is 10.4 Å². The third kappa shape index (κ3) is 4.05. The van der Waals surface area contributed by atoms with Crippen molar-refractivity contribution in [1.82, 2.24) is 5.32 Å². The molecule has 0 spiro atoms. The lowest BCUT2D eigenvalue weighted by Crippen LogP contribution is -2.58. The first kappa shape index (κ1) is 18.4. The number of nitrogens with one attached hydrogen (secondary N) is 1. The summed E-state index contributed by atoms with van der Waals surface area (Å²) < 4.78 is 0. The minimum atomic E-state index is -1.97. The van der Waals surface area contributed by atoms with Crippen LogP contribution in [0.15, 0.2) is 60.7 Å². The Morgan fingerprint density at radius 2 is 1.48 bits per heavy atom. The van der Waals surface area contributed by atoms with Crippen LogP contribution in [-0.4, -0.2) is 32.4 Å². The SMILES string of the molecule is CN[C@H]1CCCC[C@H]1[C@H](O)C[Si](C)(c1ccccc1)c1ccccc1. The molecule has 1 aliphatic carbocycles. The maximum atomic E-state index is 11.2. The van der Waals surface area contributed by atoms with Crippen LogP contribution in [0.2, 0.25) is 12.6 Å². The van der Waals surface area contributed by atoms with Crippen LogP contribution in [0.4, 0.5) is 0 Å². The predicted molar refractivity (Wildman–Crippen MR) is 109 cm³/mol. The monoisotopic (exact) mass is 353 g/mol. The van der Waals surface area contributed by atoms with E-state index in [9.17, 15) is 5.11 Å². The van der Waals surface area contributed by atoms with Crippen molar-refractivity contribution in [3.8, 4) is 0 Å². The molecule has 25 heavy (non-hydrogen) atoms. The van der Waals surface area contributed by atoms with E-state index >= 15 is 0 Å². The third-order valence-electron chi connectivity index (χ3n) is 6.12. The molecule has 0 aliphatic heterocycles. The molecule has 0 heterocycles. The van der Waals surface area contributed by atoms with Gasteiger partial charge in [0.1, 0.15) is 8.07 Å². The van der Waals surface area contributed by atoms with Crippen molar-refractivity contribution in [2.45, 2.75) is 50.4 Å². The summed E-state index contributed by atoms with van der Waals surface area (Å²) in [5.74, 6) is 0.373. The predicted octanol–water partition coefficient (Wildman–Crippen LogP) is 3.02. The summed E-state index contributed by atoms with van der Waals surface area (Å²) in [6, 6.07) is 23.0. The van der Waals surface area contributed by atoms with E-state index in [1.54, 1.807) is 0 Å². The molecule has 0 saturated heterocycles. The van der Waals surface area contributed by atoms with Gasteiger partial charge in [-0.1, -0.05) is 90.4 Å².